The summed E-state index contributed by atoms with van der Waals surface area (Å²) in [4.78, 5) is 48.7. The smallest absolute Gasteiger partial charge is 0.352 e. The first kappa shape index (κ1) is 27.9. The van der Waals surface area contributed by atoms with E-state index in [2.05, 4.69) is 24.7 Å². The highest BCUT2D eigenvalue weighted by molar-refractivity contribution is 8.00. The average molecular weight is 614 g/mol. The molecule has 1 saturated heterocycles. The number of rotatable bonds is 11. The highest BCUT2D eigenvalue weighted by atomic mass is 32.2. The second-order valence-electron chi connectivity index (χ2n) is 8.28. The fraction of sp³-hybridized carbons (Fsp3) is 0.381. The summed E-state index contributed by atoms with van der Waals surface area (Å²) in [7, 11) is 3.00. The third-order valence-corrected chi connectivity index (χ3v) is 8.74. The number of thioether (sulfide) groups is 1. The summed E-state index contributed by atoms with van der Waals surface area (Å²) in [6, 6.07) is -1.07. The van der Waals surface area contributed by atoms with Crippen LogP contribution in [0, 0.1) is 0 Å². The SMILES string of the molecule is COC(OC)c1n2ccsc2c[n+]1CC1=C(C(=O)O)N2C(=O)[C@@H](NC(=O)/C(=N\OCF)c3nsc(N)n3)[C@H]2SC1. The van der Waals surface area contributed by atoms with Crippen LogP contribution in [-0.2, 0) is 35.2 Å². The number of oxime groups is 1. The van der Waals surface area contributed by atoms with E-state index >= 15 is 0 Å². The van der Waals surface area contributed by atoms with Crippen LogP contribution in [0.25, 0.3) is 4.83 Å². The molecule has 3 aromatic rings. The Hall–Kier alpha value is -3.65. The van der Waals surface area contributed by atoms with Gasteiger partial charge in [-0.3, -0.25) is 14.5 Å². The van der Waals surface area contributed by atoms with Crippen molar-refractivity contribution in [3.8, 4) is 0 Å². The molecule has 40 heavy (non-hydrogen) atoms. The summed E-state index contributed by atoms with van der Waals surface area (Å²) >= 11 is 3.57. The number of ether oxygens (including phenoxy) is 2. The second kappa shape index (κ2) is 11.5. The van der Waals surface area contributed by atoms with Crippen LogP contribution in [0.1, 0.15) is 17.9 Å². The van der Waals surface area contributed by atoms with Gasteiger partial charge in [0.25, 0.3) is 25.0 Å². The maximum absolute atomic E-state index is 13.2. The quantitative estimate of drug-likeness (QED) is 0.0875. The number of halogens is 1. The van der Waals surface area contributed by atoms with Crippen molar-refractivity contribution in [1.29, 1.82) is 0 Å². The lowest BCUT2D eigenvalue weighted by Crippen LogP contribution is -2.71. The zero-order valence-electron chi connectivity index (χ0n) is 20.8. The van der Waals surface area contributed by atoms with Gasteiger partial charge in [0, 0.05) is 42.5 Å². The van der Waals surface area contributed by atoms with Crippen LogP contribution < -0.4 is 15.6 Å². The molecule has 5 rings (SSSR count). The van der Waals surface area contributed by atoms with Crippen molar-refractivity contribution >= 4 is 68.1 Å². The number of thiazole rings is 1. The Morgan fingerprint density at radius 1 is 1.40 bits per heavy atom. The monoisotopic (exact) mass is 613 g/mol. The average Bonchev–Trinajstić information content (AvgIpc) is 3.65. The summed E-state index contributed by atoms with van der Waals surface area (Å²) < 4.78 is 31.1. The molecule has 2 aliphatic heterocycles. The molecule has 2 amide bonds. The van der Waals surface area contributed by atoms with Crippen LogP contribution in [0.15, 0.2) is 34.2 Å². The van der Waals surface area contributed by atoms with Gasteiger partial charge in [0.1, 0.15) is 36.1 Å². The molecule has 0 unspecified atom stereocenters. The van der Waals surface area contributed by atoms with E-state index in [0.29, 0.717) is 11.4 Å². The van der Waals surface area contributed by atoms with Crippen molar-refractivity contribution in [2.75, 3.05) is 32.6 Å². The molecule has 1 fully saturated rings. The summed E-state index contributed by atoms with van der Waals surface area (Å²) in [5.74, 6) is -2.12. The molecule has 2 aliphatic rings. The van der Waals surface area contributed by atoms with Crippen molar-refractivity contribution in [2.24, 2.45) is 5.16 Å². The standard InChI is InChI=1S/C21H21FN8O7S3/c1-35-20(36-2)16-28(6-10-29(16)3-4-38-10)5-9-7-39-18-12(17(32)30(18)13(9)19(33)34)24-15(31)11(26-37-8-22)14-25-21(23)40-27-14/h3-4,6,12,18,20H,5,7-8H2,1-2H3,(H3-,23,24,25,27,31,33,34)/p+1/b26-11-/t12-,18-/m1/s1. The summed E-state index contributed by atoms with van der Waals surface area (Å²) in [6.07, 6.45) is 2.99. The number of hydrogen-bond acceptors (Lipinski definition) is 13. The lowest BCUT2D eigenvalue weighted by Gasteiger charge is -2.49. The Balaban J connectivity index is 1.40. The minimum absolute atomic E-state index is 0.0414. The van der Waals surface area contributed by atoms with Crippen molar-refractivity contribution < 1.29 is 42.8 Å². The molecule has 0 aliphatic carbocycles. The number of nitrogens with two attached hydrogens (primary N) is 1. The van der Waals surface area contributed by atoms with Crippen molar-refractivity contribution in [1.82, 2.24) is 24.0 Å². The summed E-state index contributed by atoms with van der Waals surface area (Å²) in [5.41, 5.74) is 5.41. The lowest BCUT2D eigenvalue weighted by molar-refractivity contribution is -0.702. The van der Waals surface area contributed by atoms with Crippen LogP contribution in [-0.4, -0.2) is 85.5 Å². The molecule has 2 atom stereocenters. The minimum Gasteiger partial charge on any atom is -0.477 e. The molecule has 4 N–H and O–H groups in total. The van der Waals surface area contributed by atoms with Gasteiger partial charge in [0.2, 0.25) is 16.4 Å². The van der Waals surface area contributed by atoms with Gasteiger partial charge in [-0.2, -0.15) is 13.8 Å². The van der Waals surface area contributed by atoms with Gasteiger partial charge in [0.15, 0.2) is 5.13 Å². The normalized spacial score (nSPS) is 19.2. The number of nitrogen functional groups attached to an aromatic ring is 1. The lowest BCUT2D eigenvalue weighted by atomic mass is 10.0. The first-order valence-electron chi connectivity index (χ1n) is 11.4. The summed E-state index contributed by atoms with van der Waals surface area (Å²) in [6.45, 7) is -1.15. The molecule has 0 bridgehead atoms. The van der Waals surface area contributed by atoms with Gasteiger partial charge in [-0.05, 0) is 0 Å². The first-order valence-corrected chi connectivity index (χ1v) is 14.1. The van der Waals surface area contributed by atoms with Gasteiger partial charge >= 0.3 is 11.8 Å². The predicted octanol–water partition coefficient (Wildman–Crippen LogP) is 0.0999. The summed E-state index contributed by atoms with van der Waals surface area (Å²) in [5, 5.41) is 17.3. The highest BCUT2D eigenvalue weighted by Crippen LogP contribution is 2.40. The van der Waals surface area contributed by atoms with Gasteiger partial charge in [-0.15, -0.1) is 11.8 Å². The van der Waals surface area contributed by atoms with E-state index in [4.69, 9.17) is 15.2 Å². The maximum Gasteiger partial charge on any atom is 0.352 e. The fourth-order valence-corrected chi connectivity index (χ4v) is 6.97. The molecule has 0 aromatic carbocycles. The molecule has 0 saturated carbocycles. The number of carboxylic acid groups (broad SMARTS) is 1. The first-order chi connectivity index (χ1) is 19.3. The van der Waals surface area contributed by atoms with E-state index in [1.54, 1.807) is 0 Å². The molecule has 212 valence electrons. The van der Waals surface area contributed by atoms with Crippen molar-refractivity contribution in [3.05, 3.63) is 40.7 Å². The highest BCUT2D eigenvalue weighted by Gasteiger charge is 2.55. The molecule has 0 spiro atoms. The van der Waals surface area contributed by atoms with Gasteiger partial charge in [-0.25, -0.2) is 13.8 Å². The third kappa shape index (κ3) is 4.89. The Labute approximate surface area is 237 Å². The number of amides is 2. The van der Waals surface area contributed by atoms with Crippen LogP contribution in [0.3, 0.4) is 0 Å². The fourth-order valence-electron chi connectivity index (χ4n) is 4.42. The van der Waals surface area contributed by atoms with Crippen LogP contribution in [0.2, 0.25) is 0 Å². The van der Waals surface area contributed by atoms with E-state index in [-0.39, 0.29) is 29.0 Å². The number of carbonyl (C=O) groups is 3. The number of methoxy groups -OCH3 is 2. The molecular weight excluding hydrogens is 591 g/mol. The number of alkyl halides is 1. The van der Waals surface area contributed by atoms with Gasteiger partial charge in [-0.1, -0.05) is 16.5 Å². The van der Waals surface area contributed by atoms with Crippen molar-refractivity contribution in [2.45, 2.75) is 24.3 Å². The Bertz CT molecular complexity index is 1530. The number of aliphatic carboxylic acids is 1. The Kier molecular flexibility index (Phi) is 7.99. The number of fused-ring (bicyclic) bond motifs is 2. The zero-order chi connectivity index (χ0) is 28.6. The third-order valence-electron chi connectivity index (χ3n) is 6.05. The van der Waals surface area contributed by atoms with E-state index in [9.17, 15) is 23.9 Å². The molecule has 5 heterocycles. The molecule has 0 radical (unpaired) electrons. The largest absolute Gasteiger partial charge is 0.477 e. The molecule has 15 nitrogen and oxygen atoms in total. The maximum atomic E-state index is 13.2. The number of imidazole rings is 1. The van der Waals surface area contributed by atoms with Crippen LogP contribution in [0.5, 0.6) is 0 Å². The number of anilines is 1. The van der Waals surface area contributed by atoms with E-state index in [1.165, 1.54) is 37.3 Å². The van der Waals surface area contributed by atoms with Crippen LogP contribution in [0.4, 0.5) is 9.52 Å². The van der Waals surface area contributed by atoms with Gasteiger partial charge < -0.3 is 30.5 Å². The number of aromatic nitrogens is 4. The number of carboxylic acids is 1. The second-order valence-corrected chi connectivity index (χ2v) is 11.1. The van der Waals surface area contributed by atoms with E-state index in [1.807, 2.05) is 26.7 Å². The number of carbonyl (C=O) groups excluding carboxylic acids is 2. The molecule has 3 aromatic heterocycles. The number of nitrogens with zero attached hydrogens (tertiary/aromatic N) is 6. The Morgan fingerprint density at radius 3 is 2.83 bits per heavy atom. The van der Waals surface area contributed by atoms with Crippen molar-refractivity contribution in [3.63, 3.8) is 0 Å². The molecule has 19 heteroatoms. The Morgan fingerprint density at radius 2 is 2.17 bits per heavy atom. The van der Waals surface area contributed by atoms with Crippen LogP contribution >= 0.6 is 34.6 Å². The van der Waals surface area contributed by atoms with Gasteiger partial charge in [0.05, 0.1) is 0 Å². The minimum atomic E-state index is -1.31. The molecular formula is C21H22FN8O7S3+. The zero-order valence-corrected chi connectivity index (χ0v) is 23.3. The number of β-lactam (4-membered cyclic amide) rings is 1. The van der Waals surface area contributed by atoms with E-state index < -0.39 is 48.1 Å². The number of hydrogen-bond donors (Lipinski definition) is 3. The topological polar surface area (TPSA) is 187 Å². The van der Waals surface area contributed by atoms with E-state index in [0.717, 1.165) is 21.3 Å². The number of nitrogens with one attached hydrogen (secondary N) is 1. The predicted molar refractivity (Wildman–Crippen MR) is 140 cm³/mol.